The number of pyridine rings is 1. The van der Waals surface area contributed by atoms with Gasteiger partial charge in [-0.15, -0.1) is 0 Å². The van der Waals surface area contributed by atoms with E-state index in [1.165, 1.54) is 12.1 Å². The van der Waals surface area contributed by atoms with Crippen LogP contribution in [0.1, 0.15) is 67.6 Å². The summed E-state index contributed by atoms with van der Waals surface area (Å²) in [5.41, 5.74) is -1.74. The first-order valence-electron chi connectivity index (χ1n) is 12.5. The fraction of sp³-hybridized carbons (Fsp3) is 0.519. The molecule has 37 heavy (non-hydrogen) atoms. The molecule has 10 heteroatoms. The second-order valence-electron chi connectivity index (χ2n) is 10.7. The highest BCUT2D eigenvalue weighted by atomic mass is 19.4. The lowest BCUT2D eigenvalue weighted by Gasteiger charge is -2.37. The Morgan fingerprint density at radius 2 is 1.84 bits per heavy atom. The third-order valence-corrected chi connectivity index (χ3v) is 7.46. The van der Waals surface area contributed by atoms with Crippen LogP contribution in [-0.4, -0.2) is 57.5 Å². The number of hydrogen-bond donors (Lipinski definition) is 3. The molecule has 4 rings (SSSR count). The minimum Gasteiger partial charge on any atom is -0.384 e. The van der Waals surface area contributed by atoms with Crippen LogP contribution >= 0.6 is 0 Å². The minimum atomic E-state index is -4.55. The number of halogens is 3. The number of carbonyl (C=O) groups is 2. The molecule has 1 saturated carbocycles. The van der Waals surface area contributed by atoms with E-state index in [0.29, 0.717) is 25.1 Å². The number of aromatic nitrogens is 1. The lowest BCUT2D eigenvalue weighted by atomic mass is 9.79. The maximum absolute atomic E-state index is 13.0. The number of carbonyl (C=O) groups excluding carboxylic acids is 2. The zero-order valence-electron chi connectivity index (χ0n) is 21.0. The molecule has 2 amide bonds. The van der Waals surface area contributed by atoms with Crippen molar-refractivity contribution in [2.24, 2.45) is 0 Å². The molecule has 1 unspecified atom stereocenters. The zero-order chi connectivity index (χ0) is 26.8. The average Bonchev–Trinajstić information content (AvgIpc) is 3.17. The van der Waals surface area contributed by atoms with Crippen LogP contribution in [0, 0.1) is 0 Å². The van der Waals surface area contributed by atoms with Crippen LogP contribution in [-0.2, 0) is 16.6 Å². The van der Waals surface area contributed by atoms with Crippen LogP contribution in [0.15, 0.2) is 48.7 Å². The van der Waals surface area contributed by atoms with Gasteiger partial charge < -0.3 is 20.6 Å². The van der Waals surface area contributed by atoms with Gasteiger partial charge in [-0.25, -0.2) is 0 Å². The van der Waals surface area contributed by atoms with Gasteiger partial charge in [-0.05, 0) is 76.3 Å². The van der Waals surface area contributed by atoms with Crippen molar-refractivity contribution >= 4 is 11.8 Å². The Hall–Kier alpha value is -2.98. The molecule has 0 spiro atoms. The standard InChI is InChI=1S/C27H33F3N4O3/c1-25(2)15-21(33-20-9-11-26(37,12-10-20)22-8-3-4-13-31-22)17-34(25)23(35)16-32-24(36)18-6-5-7-19(14-18)27(28,29)30/h3-8,13-14,20-21,33,37H,9-12,15-17H2,1-2H3,(H,32,36). The number of likely N-dealkylation sites (tertiary alicyclic amines) is 1. The van der Waals surface area contributed by atoms with Crippen LogP contribution in [0.2, 0.25) is 0 Å². The van der Waals surface area contributed by atoms with E-state index < -0.39 is 28.8 Å². The van der Waals surface area contributed by atoms with Gasteiger partial charge in [-0.3, -0.25) is 14.6 Å². The maximum Gasteiger partial charge on any atom is 0.416 e. The highest BCUT2D eigenvalue weighted by molar-refractivity contribution is 5.96. The summed E-state index contributed by atoms with van der Waals surface area (Å²) in [5.74, 6) is -1.02. The van der Waals surface area contributed by atoms with E-state index in [0.717, 1.165) is 31.4 Å². The van der Waals surface area contributed by atoms with Crippen molar-refractivity contribution < 1.29 is 27.9 Å². The number of rotatable bonds is 6. The molecule has 200 valence electrons. The minimum absolute atomic E-state index is 0.0594. The van der Waals surface area contributed by atoms with E-state index in [1.54, 1.807) is 11.1 Å². The SMILES string of the molecule is CC1(C)CC(NC2CCC(O)(c3ccccn3)CC2)CN1C(=O)CNC(=O)c1cccc(C(F)(F)F)c1. The molecule has 0 radical (unpaired) electrons. The largest absolute Gasteiger partial charge is 0.416 e. The molecule has 1 aromatic carbocycles. The molecule has 1 aliphatic heterocycles. The summed E-state index contributed by atoms with van der Waals surface area (Å²) >= 11 is 0. The molecule has 1 atom stereocenters. The predicted octanol–water partition coefficient (Wildman–Crippen LogP) is 3.63. The van der Waals surface area contributed by atoms with Crippen LogP contribution < -0.4 is 10.6 Å². The highest BCUT2D eigenvalue weighted by Crippen LogP contribution is 2.37. The smallest absolute Gasteiger partial charge is 0.384 e. The zero-order valence-corrected chi connectivity index (χ0v) is 21.0. The lowest BCUT2D eigenvalue weighted by molar-refractivity contribution is -0.137. The van der Waals surface area contributed by atoms with Crippen molar-refractivity contribution in [1.82, 2.24) is 20.5 Å². The molecular formula is C27H33F3N4O3. The molecule has 1 aromatic heterocycles. The summed E-state index contributed by atoms with van der Waals surface area (Å²) in [4.78, 5) is 31.4. The van der Waals surface area contributed by atoms with E-state index in [9.17, 15) is 27.9 Å². The monoisotopic (exact) mass is 518 g/mol. The van der Waals surface area contributed by atoms with Gasteiger partial charge in [0.15, 0.2) is 0 Å². The molecule has 0 bridgehead atoms. The Balaban J connectivity index is 1.29. The van der Waals surface area contributed by atoms with Crippen molar-refractivity contribution in [2.75, 3.05) is 13.1 Å². The molecule has 3 N–H and O–H groups in total. The molecule has 1 saturated heterocycles. The van der Waals surface area contributed by atoms with Crippen molar-refractivity contribution in [3.63, 3.8) is 0 Å². The molecular weight excluding hydrogens is 485 g/mol. The van der Waals surface area contributed by atoms with Gasteiger partial charge in [0.2, 0.25) is 5.91 Å². The summed E-state index contributed by atoms with van der Waals surface area (Å²) in [6.07, 6.45) is 0.621. The van der Waals surface area contributed by atoms with Gasteiger partial charge in [-0.1, -0.05) is 12.1 Å². The topological polar surface area (TPSA) is 94.6 Å². The number of amides is 2. The van der Waals surface area contributed by atoms with E-state index in [-0.39, 0.29) is 30.1 Å². The number of alkyl halides is 3. The first-order chi connectivity index (χ1) is 17.4. The average molecular weight is 519 g/mol. The second-order valence-corrected chi connectivity index (χ2v) is 10.7. The van der Waals surface area contributed by atoms with Crippen molar-refractivity contribution in [2.45, 2.75) is 75.4 Å². The third-order valence-electron chi connectivity index (χ3n) is 7.46. The van der Waals surface area contributed by atoms with Crippen LogP contribution in [0.25, 0.3) is 0 Å². The van der Waals surface area contributed by atoms with Gasteiger partial charge in [0.05, 0.1) is 17.8 Å². The second kappa shape index (κ2) is 10.4. The summed E-state index contributed by atoms with van der Waals surface area (Å²) in [7, 11) is 0. The predicted molar refractivity (Wildman–Crippen MR) is 131 cm³/mol. The van der Waals surface area contributed by atoms with Crippen LogP contribution in [0.4, 0.5) is 13.2 Å². The Kier molecular flexibility index (Phi) is 7.62. The summed E-state index contributed by atoms with van der Waals surface area (Å²) in [5, 5.41) is 17.1. The Labute approximate surface area is 214 Å². The lowest BCUT2D eigenvalue weighted by Crippen LogP contribution is -2.48. The van der Waals surface area contributed by atoms with Crippen LogP contribution in [0.3, 0.4) is 0 Å². The molecule has 1 aliphatic carbocycles. The normalized spacial score (nSPS) is 25.6. The first-order valence-corrected chi connectivity index (χ1v) is 12.5. The number of nitrogens with one attached hydrogen (secondary N) is 2. The Bertz CT molecular complexity index is 1120. The van der Waals surface area contributed by atoms with E-state index in [1.807, 2.05) is 32.0 Å². The fourth-order valence-electron chi connectivity index (χ4n) is 5.48. The number of hydrogen-bond acceptors (Lipinski definition) is 5. The number of benzene rings is 1. The Morgan fingerprint density at radius 3 is 2.49 bits per heavy atom. The molecule has 2 heterocycles. The maximum atomic E-state index is 13.0. The van der Waals surface area contributed by atoms with E-state index >= 15 is 0 Å². The molecule has 2 aromatic rings. The van der Waals surface area contributed by atoms with Gasteiger partial charge in [0.25, 0.3) is 5.91 Å². The van der Waals surface area contributed by atoms with Gasteiger partial charge in [0.1, 0.15) is 5.60 Å². The Morgan fingerprint density at radius 1 is 1.11 bits per heavy atom. The summed E-state index contributed by atoms with van der Waals surface area (Å²) in [6.45, 7) is 4.09. The van der Waals surface area contributed by atoms with Gasteiger partial charge in [0, 0.05) is 35.9 Å². The van der Waals surface area contributed by atoms with Crippen LogP contribution in [0.5, 0.6) is 0 Å². The number of aliphatic hydroxyl groups is 1. The first kappa shape index (κ1) is 27.1. The van der Waals surface area contributed by atoms with E-state index in [2.05, 4.69) is 15.6 Å². The quantitative estimate of drug-likeness (QED) is 0.543. The van der Waals surface area contributed by atoms with Crippen molar-refractivity contribution in [3.05, 3.63) is 65.5 Å². The molecule has 2 aliphatic rings. The van der Waals surface area contributed by atoms with Gasteiger partial charge in [-0.2, -0.15) is 13.2 Å². The van der Waals surface area contributed by atoms with E-state index in [4.69, 9.17) is 0 Å². The number of nitrogens with zero attached hydrogens (tertiary/aromatic N) is 2. The molecule has 2 fully saturated rings. The van der Waals surface area contributed by atoms with Crippen molar-refractivity contribution in [1.29, 1.82) is 0 Å². The summed E-state index contributed by atoms with van der Waals surface area (Å²) in [6, 6.07) is 9.94. The molecule has 7 nitrogen and oxygen atoms in total. The highest BCUT2D eigenvalue weighted by Gasteiger charge is 2.43. The summed E-state index contributed by atoms with van der Waals surface area (Å²) < 4.78 is 38.8. The third kappa shape index (κ3) is 6.30. The fourth-order valence-corrected chi connectivity index (χ4v) is 5.48. The van der Waals surface area contributed by atoms with Gasteiger partial charge >= 0.3 is 6.18 Å². The van der Waals surface area contributed by atoms with Crippen molar-refractivity contribution in [3.8, 4) is 0 Å².